The van der Waals surface area contributed by atoms with Gasteiger partial charge in [-0.15, -0.1) is 24.8 Å². The van der Waals surface area contributed by atoms with Gasteiger partial charge in [-0.3, -0.25) is 9.78 Å². The number of nitrogens with zero attached hydrogens (tertiary/aromatic N) is 1. The van der Waals surface area contributed by atoms with Crippen LogP contribution in [-0.2, 0) is 6.18 Å². The Kier molecular flexibility index (Phi) is 6.92. The van der Waals surface area contributed by atoms with Gasteiger partial charge in [0.25, 0.3) is 5.91 Å². The van der Waals surface area contributed by atoms with E-state index in [2.05, 4.69) is 10.3 Å². The third-order valence-electron chi connectivity index (χ3n) is 3.27. The summed E-state index contributed by atoms with van der Waals surface area (Å²) in [6.45, 7) is 0.326. The first kappa shape index (κ1) is 19.9. The van der Waals surface area contributed by atoms with Crippen molar-refractivity contribution in [2.45, 2.75) is 31.0 Å². The van der Waals surface area contributed by atoms with Crippen LogP contribution in [0.2, 0.25) is 0 Å². The zero-order chi connectivity index (χ0) is 14.1. The van der Waals surface area contributed by atoms with Crippen molar-refractivity contribution in [3.63, 3.8) is 0 Å². The Morgan fingerprint density at radius 1 is 1.33 bits per heavy atom. The Balaban J connectivity index is 0.00000200. The molecule has 3 N–H and O–H groups in total. The molecule has 0 atom stereocenters. The SMILES string of the molecule is Cl.Cl.NC1(CNC(=O)c2ccc(C(F)(F)F)nc2)CCC1. The Morgan fingerprint density at radius 2 is 1.95 bits per heavy atom. The van der Waals surface area contributed by atoms with E-state index in [4.69, 9.17) is 5.73 Å². The summed E-state index contributed by atoms with van der Waals surface area (Å²) in [6.07, 6.45) is -0.852. The van der Waals surface area contributed by atoms with Crippen LogP contribution in [0, 0.1) is 0 Å². The van der Waals surface area contributed by atoms with Gasteiger partial charge in [-0.25, -0.2) is 0 Å². The second-order valence-electron chi connectivity index (χ2n) is 4.83. The van der Waals surface area contributed by atoms with Crippen LogP contribution in [0.3, 0.4) is 0 Å². The number of hydrogen-bond donors (Lipinski definition) is 2. The first-order valence-corrected chi connectivity index (χ1v) is 5.91. The average molecular weight is 346 g/mol. The monoisotopic (exact) mass is 345 g/mol. The van der Waals surface area contributed by atoms with E-state index in [1.807, 2.05) is 0 Å². The van der Waals surface area contributed by atoms with E-state index in [1.165, 1.54) is 0 Å². The zero-order valence-electron chi connectivity index (χ0n) is 10.9. The number of pyridine rings is 1. The van der Waals surface area contributed by atoms with Crippen molar-refractivity contribution in [1.82, 2.24) is 10.3 Å². The van der Waals surface area contributed by atoms with Crippen molar-refractivity contribution >= 4 is 30.7 Å². The first-order chi connectivity index (χ1) is 8.80. The molecule has 0 saturated heterocycles. The third kappa shape index (κ3) is 5.01. The summed E-state index contributed by atoms with van der Waals surface area (Å²) < 4.78 is 36.9. The van der Waals surface area contributed by atoms with E-state index < -0.39 is 17.8 Å². The van der Waals surface area contributed by atoms with Gasteiger partial charge in [0.2, 0.25) is 0 Å². The molecule has 0 aromatic carbocycles. The molecule has 1 amide bonds. The Hall–Kier alpha value is -1.05. The molecule has 1 aliphatic rings. The number of rotatable bonds is 3. The molecule has 9 heteroatoms. The molecule has 0 aliphatic heterocycles. The van der Waals surface area contributed by atoms with Crippen molar-refractivity contribution < 1.29 is 18.0 Å². The number of hydrogen-bond acceptors (Lipinski definition) is 3. The van der Waals surface area contributed by atoms with Crippen molar-refractivity contribution in [3.05, 3.63) is 29.6 Å². The number of halogens is 5. The molecule has 1 aromatic heterocycles. The van der Waals surface area contributed by atoms with Crippen molar-refractivity contribution in [1.29, 1.82) is 0 Å². The molecular weight excluding hydrogens is 330 g/mol. The predicted molar refractivity (Wildman–Crippen MR) is 76.8 cm³/mol. The lowest BCUT2D eigenvalue weighted by atomic mass is 9.78. The second-order valence-corrected chi connectivity index (χ2v) is 4.83. The Labute approximate surface area is 132 Å². The normalized spacial score (nSPS) is 16.0. The summed E-state index contributed by atoms with van der Waals surface area (Å²) in [7, 11) is 0. The minimum absolute atomic E-state index is 0. The highest BCUT2D eigenvalue weighted by atomic mass is 35.5. The van der Waals surface area contributed by atoms with Crippen LogP contribution >= 0.6 is 24.8 Å². The number of aromatic nitrogens is 1. The number of amides is 1. The fourth-order valence-electron chi connectivity index (χ4n) is 1.86. The zero-order valence-corrected chi connectivity index (χ0v) is 12.6. The summed E-state index contributed by atoms with van der Waals surface area (Å²) in [5.74, 6) is -0.460. The summed E-state index contributed by atoms with van der Waals surface area (Å²) in [5.41, 5.74) is 4.64. The molecule has 1 fully saturated rings. The molecule has 0 unspecified atom stereocenters. The predicted octanol–water partition coefficient (Wildman–Crippen LogP) is 2.56. The van der Waals surface area contributed by atoms with Crippen LogP contribution in [0.1, 0.15) is 35.3 Å². The molecule has 2 rings (SSSR count). The van der Waals surface area contributed by atoms with Gasteiger partial charge in [0, 0.05) is 18.3 Å². The fourth-order valence-corrected chi connectivity index (χ4v) is 1.86. The largest absolute Gasteiger partial charge is 0.433 e. The van der Waals surface area contributed by atoms with Gasteiger partial charge in [-0.05, 0) is 31.4 Å². The molecule has 1 saturated carbocycles. The lowest BCUT2D eigenvalue weighted by molar-refractivity contribution is -0.141. The quantitative estimate of drug-likeness (QED) is 0.884. The van der Waals surface area contributed by atoms with E-state index in [-0.39, 0.29) is 35.9 Å². The van der Waals surface area contributed by atoms with Gasteiger partial charge in [-0.2, -0.15) is 13.2 Å². The first-order valence-electron chi connectivity index (χ1n) is 5.91. The molecule has 1 heterocycles. The maximum atomic E-state index is 12.3. The molecule has 0 spiro atoms. The summed E-state index contributed by atoms with van der Waals surface area (Å²) in [5, 5.41) is 2.61. The standard InChI is InChI=1S/C12H14F3N3O.2ClH/c13-12(14,15)9-3-2-8(6-17-9)10(19)18-7-11(16)4-1-5-11;;/h2-3,6H,1,4-5,7,16H2,(H,18,19);2*1H. The molecule has 0 bridgehead atoms. The van der Waals surface area contributed by atoms with Crippen LogP contribution in [0.15, 0.2) is 18.3 Å². The van der Waals surface area contributed by atoms with Crippen LogP contribution in [0.4, 0.5) is 13.2 Å². The molecular formula is C12H16Cl2F3N3O. The lowest BCUT2D eigenvalue weighted by Crippen LogP contribution is -2.54. The van der Waals surface area contributed by atoms with E-state index >= 15 is 0 Å². The molecule has 21 heavy (non-hydrogen) atoms. The number of carbonyl (C=O) groups excluding carboxylic acids is 1. The Morgan fingerprint density at radius 3 is 2.33 bits per heavy atom. The van der Waals surface area contributed by atoms with E-state index in [0.29, 0.717) is 6.54 Å². The van der Waals surface area contributed by atoms with E-state index in [0.717, 1.165) is 37.6 Å². The van der Waals surface area contributed by atoms with Gasteiger partial charge < -0.3 is 11.1 Å². The van der Waals surface area contributed by atoms with Crippen LogP contribution in [-0.4, -0.2) is 23.0 Å². The molecule has 120 valence electrons. The van der Waals surface area contributed by atoms with Crippen LogP contribution in [0.5, 0.6) is 0 Å². The van der Waals surface area contributed by atoms with Gasteiger partial charge in [0.1, 0.15) is 5.69 Å². The second kappa shape index (κ2) is 7.29. The minimum atomic E-state index is -4.50. The molecule has 4 nitrogen and oxygen atoms in total. The van der Waals surface area contributed by atoms with Crippen molar-refractivity contribution in [2.24, 2.45) is 5.73 Å². The highest BCUT2D eigenvalue weighted by molar-refractivity contribution is 5.93. The summed E-state index contributed by atoms with van der Waals surface area (Å²) in [6, 6.07) is 1.89. The van der Waals surface area contributed by atoms with Gasteiger partial charge in [-0.1, -0.05) is 0 Å². The third-order valence-corrected chi connectivity index (χ3v) is 3.27. The number of carbonyl (C=O) groups is 1. The van der Waals surface area contributed by atoms with Crippen molar-refractivity contribution in [3.8, 4) is 0 Å². The van der Waals surface area contributed by atoms with Crippen LogP contribution in [0.25, 0.3) is 0 Å². The van der Waals surface area contributed by atoms with E-state index in [1.54, 1.807) is 0 Å². The highest BCUT2D eigenvalue weighted by Crippen LogP contribution is 2.28. The maximum absolute atomic E-state index is 12.3. The molecule has 0 radical (unpaired) electrons. The highest BCUT2D eigenvalue weighted by Gasteiger charge is 2.33. The summed E-state index contributed by atoms with van der Waals surface area (Å²) >= 11 is 0. The fraction of sp³-hybridized carbons (Fsp3) is 0.500. The smallest absolute Gasteiger partial charge is 0.350 e. The number of alkyl halides is 3. The maximum Gasteiger partial charge on any atom is 0.433 e. The number of nitrogens with one attached hydrogen (secondary N) is 1. The minimum Gasteiger partial charge on any atom is -0.350 e. The van der Waals surface area contributed by atoms with Gasteiger partial charge in [0.05, 0.1) is 5.56 Å². The van der Waals surface area contributed by atoms with E-state index in [9.17, 15) is 18.0 Å². The van der Waals surface area contributed by atoms with Crippen molar-refractivity contribution in [2.75, 3.05) is 6.54 Å². The molecule has 1 aliphatic carbocycles. The van der Waals surface area contributed by atoms with Gasteiger partial charge >= 0.3 is 6.18 Å². The molecule has 1 aromatic rings. The summed E-state index contributed by atoms with van der Waals surface area (Å²) in [4.78, 5) is 14.9. The average Bonchev–Trinajstić information content (AvgIpc) is 2.33. The topological polar surface area (TPSA) is 68.0 Å². The number of nitrogens with two attached hydrogens (primary N) is 1. The Bertz CT molecular complexity index is 476. The lowest BCUT2D eigenvalue weighted by Gasteiger charge is -2.38. The van der Waals surface area contributed by atoms with Gasteiger partial charge in [0.15, 0.2) is 0 Å². The van der Waals surface area contributed by atoms with Crippen LogP contribution < -0.4 is 11.1 Å².